The number of nitriles is 1. The van der Waals surface area contributed by atoms with E-state index in [4.69, 9.17) is 16.7 Å². The van der Waals surface area contributed by atoms with Crippen LogP contribution in [0.5, 0.6) is 0 Å². The molecule has 0 spiro atoms. The number of aliphatic imine (C=N–C) groups is 2. The van der Waals surface area contributed by atoms with Crippen molar-refractivity contribution in [2.75, 3.05) is 25.5 Å². The molecule has 1 heterocycles. The van der Waals surface area contributed by atoms with Crippen molar-refractivity contribution in [1.29, 1.82) is 5.26 Å². The third-order valence-electron chi connectivity index (χ3n) is 2.91. The highest BCUT2D eigenvalue weighted by Gasteiger charge is 2.26. The summed E-state index contributed by atoms with van der Waals surface area (Å²) >= 11 is 1.22. The Labute approximate surface area is 147 Å². The second-order valence-electron chi connectivity index (χ2n) is 4.88. The van der Waals surface area contributed by atoms with Crippen molar-refractivity contribution in [3.8, 4) is 6.19 Å². The van der Waals surface area contributed by atoms with Crippen LogP contribution in [0, 0.1) is 11.5 Å². The van der Waals surface area contributed by atoms with Crippen LogP contribution in [0.15, 0.2) is 15.4 Å². The summed E-state index contributed by atoms with van der Waals surface area (Å²) in [5.41, 5.74) is 11.7. The Morgan fingerprint density at radius 2 is 2.16 bits per heavy atom. The molecule has 0 aliphatic heterocycles. The quantitative estimate of drug-likeness (QED) is 0.217. The van der Waals surface area contributed by atoms with Crippen LogP contribution < -0.4 is 16.8 Å². The van der Waals surface area contributed by atoms with Gasteiger partial charge in [-0.1, -0.05) is 0 Å². The fourth-order valence-electron chi connectivity index (χ4n) is 1.72. The summed E-state index contributed by atoms with van der Waals surface area (Å²) in [7, 11) is 1.51. The number of thiazole rings is 1. The number of guanidine groups is 2. The second kappa shape index (κ2) is 9.67. The zero-order valence-electron chi connectivity index (χ0n) is 13.5. The van der Waals surface area contributed by atoms with Crippen molar-refractivity contribution < 1.29 is 13.2 Å². The third kappa shape index (κ3) is 8.20. The first kappa shape index (κ1) is 20.5. The van der Waals surface area contributed by atoms with Crippen molar-refractivity contribution in [1.82, 2.24) is 9.88 Å². The molecule has 0 unspecified atom stereocenters. The van der Waals surface area contributed by atoms with E-state index in [2.05, 4.69) is 20.3 Å². The maximum atomic E-state index is 12.0. The van der Waals surface area contributed by atoms with E-state index in [1.165, 1.54) is 23.3 Å². The highest BCUT2D eigenvalue weighted by atomic mass is 32.1. The van der Waals surface area contributed by atoms with E-state index in [0.29, 0.717) is 24.5 Å². The predicted molar refractivity (Wildman–Crippen MR) is 91.1 cm³/mol. The molecule has 0 radical (unpaired) electrons. The summed E-state index contributed by atoms with van der Waals surface area (Å²) < 4.78 is 36.1. The fourth-order valence-corrected chi connectivity index (χ4v) is 2.47. The Balaban J connectivity index is 2.40. The lowest BCUT2D eigenvalue weighted by Crippen LogP contribution is -2.34. The molecule has 25 heavy (non-hydrogen) atoms. The minimum atomic E-state index is -4.40. The standard InChI is InChI=1S/C13H19F3N8S/c1-20-11(19)24(8-17)5-3-2-4-9-6-25-12(22-9)23-10(18)21-7-13(14,15)16/h6H,2-5,7H2,1H3,(H2,19,20)(H3,18,21,22,23). The lowest BCUT2D eigenvalue weighted by Gasteiger charge is -2.13. The number of aromatic nitrogens is 1. The number of aryl methyl sites for hydroxylation is 1. The van der Waals surface area contributed by atoms with Gasteiger partial charge in [0.15, 0.2) is 17.3 Å². The number of halogens is 3. The van der Waals surface area contributed by atoms with Crippen LogP contribution in [0.25, 0.3) is 0 Å². The number of nitrogens with two attached hydrogens (primary N) is 2. The third-order valence-corrected chi connectivity index (χ3v) is 3.71. The molecule has 0 aliphatic carbocycles. The largest absolute Gasteiger partial charge is 0.408 e. The number of alkyl halides is 3. The van der Waals surface area contributed by atoms with Gasteiger partial charge in [0.05, 0.1) is 5.69 Å². The van der Waals surface area contributed by atoms with E-state index in [1.807, 2.05) is 6.19 Å². The van der Waals surface area contributed by atoms with Gasteiger partial charge >= 0.3 is 6.18 Å². The van der Waals surface area contributed by atoms with Gasteiger partial charge in [-0.05, 0) is 19.3 Å². The van der Waals surface area contributed by atoms with Gasteiger partial charge in [-0.25, -0.2) is 14.9 Å². The second-order valence-corrected chi connectivity index (χ2v) is 5.73. The molecule has 0 saturated heterocycles. The monoisotopic (exact) mass is 376 g/mol. The first-order valence-corrected chi connectivity index (χ1v) is 8.10. The summed E-state index contributed by atoms with van der Waals surface area (Å²) in [6, 6.07) is 0. The Bertz CT molecular complexity index is 646. The molecule has 138 valence electrons. The molecule has 8 nitrogen and oxygen atoms in total. The molecule has 5 N–H and O–H groups in total. The Kier molecular flexibility index (Phi) is 7.93. The average molecular weight is 376 g/mol. The van der Waals surface area contributed by atoms with Crippen molar-refractivity contribution in [2.24, 2.45) is 21.5 Å². The van der Waals surface area contributed by atoms with Crippen LogP contribution in [0.1, 0.15) is 18.5 Å². The summed E-state index contributed by atoms with van der Waals surface area (Å²) in [6.45, 7) is -0.893. The normalized spacial score (nSPS) is 12.8. The Hall–Kier alpha value is -2.55. The minimum Gasteiger partial charge on any atom is -0.370 e. The smallest absolute Gasteiger partial charge is 0.370 e. The van der Waals surface area contributed by atoms with Gasteiger partial charge in [-0.3, -0.25) is 4.99 Å². The fraction of sp³-hybridized carbons (Fsp3) is 0.538. The SMILES string of the molecule is CN=C(N)N(C#N)CCCCc1csc(NC(N)=NCC(F)(F)F)n1. The van der Waals surface area contributed by atoms with Gasteiger partial charge in [0.25, 0.3) is 0 Å². The number of hydrogen-bond acceptors (Lipinski definition) is 5. The number of rotatable bonds is 7. The molecule has 1 aromatic rings. The van der Waals surface area contributed by atoms with Gasteiger partial charge in [0.2, 0.25) is 5.96 Å². The molecular formula is C13H19F3N8S. The maximum absolute atomic E-state index is 12.0. The zero-order chi connectivity index (χ0) is 18.9. The van der Waals surface area contributed by atoms with E-state index in [9.17, 15) is 13.2 Å². The van der Waals surface area contributed by atoms with Crippen molar-refractivity contribution in [2.45, 2.75) is 25.4 Å². The van der Waals surface area contributed by atoms with E-state index in [1.54, 1.807) is 5.38 Å². The van der Waals surface area contributed by atoms with E-state index in [0.717, 1.165) is 12.1 Å². The van der Waals surface area contributed by atoms with Gasteiger partial charge in [0, 0.05) is 19.0 Å². The molecule has 12 heteroatoms. The summed E-state index contributed by atoms with van der Waals surface area (Å²) in [5, 5.41) is 13.6. The number of hydrogen-bond donors (Lipinski definition) is 3. The van der Waals surface area contributed by atoms with Crippen LogP contribution in [-0.4, -0.2) is 48.1 Å². The molecule has 0 atom stereocenters. The lowest BCUT2D eigenvalue weighted by atomic mass is 10.2. The topological polar surface area (TPSA) is 129 Å². The minimum absolute atomic E-state index is 0.163. The van der Waals surface area contributed by atoms with Crippen LogP contribution in [-0.2, 0) is 6.42 Å². The molecular weight excluding hydrogens is 357 g/mol. The van der Waals surface area contributed by atoms with E-state index in [-0.39, 0.29) is 11.9 Å². The number of nitrogens with one attached hydrogen (secondary N) is 1. The molecule has 0 saturated carbocycles. The Morgan fingerprint density at radius 3 is 2.76 bits per heavy atom. The van der Waals surface area contributed by atoms with Crippen LogP contribution >= 0.6 is 11.3 Å². The van der Waals surface area contributed by atoms with Gasteiger partial charge in [-0.2, -0.15) is 18.4 Å². The molecule has 0 aliphatic rings. The van der Waals surface area contributed by atoms with Crippen LogP contribution in [0.2, 0.25) is 0 Å². The number of nitrogens with zero attached hydrogens (tertiary/aromatic N) is 5. The predicted octanol–water partition coefficient (Wildman–Crippen LogP) is 1.48. The number of anilines is 1. The summed E-state index contributed by atoms with van der Waals surface area (Å²) in [4.78, 5) is 12.5. The molecule has 0 bridgehead atoms. The molecule has 1 rings (SSSR count). The molecule has 0 aromatic carbocycles. The first-order chi connectivity index (χ1) is 11.7. The Morgan fingerprint density at radius 1 is 1.44 bits per heavy atom. The molecule has 0 fully saturated rings. The van der Waals surface area contributed by atoms with Crippen LogP contribution in [0.4, 0.5) is 18.3 Å². The zero-order valence-corrected chi connectivity index (χ0v) is 14.4. The highest BCUT2D eigenvalue weighted by molar-refractivity contribution is 7.13. The van der Waals surface area contributed by atoms with Crippen LogP contribution in [0.3, 0.4) is 0 Å². The van der Waals surface area contributed by atoms with Crippen molar-refractivity contribution in [3.63, 3.8) is 0 Å². The van der Waals surface area contributed by atoms with Crippen molar-refractivity contribution in [3.05, 3.63) is 11.1 Å². The molecule has 0 amide bonds. The first-order valence-electron chi connectivity index (χ1n) is 7.22. The molecule has 1 aromatic heterocycles. The van der Waals surface area contributed by atoms with E-state index < -0.39 is 12.7 Å². The summed E-state index contributed by atoms with van der Waals surface area (Å²) in [6.07, 6.45) is -0.332. The van der Waals surface area contributed by atoms with Gasteiger partial charge in [0.1, 0.15) is 6.54 Å². The van der Waals surface area contributed by atoms with Crippen molar-refractivity contribution >= 4 is 28.4 Å². The highest BCUT2D eigenvalue weighted by Crippen LogP contribution is 2.17. The van der Waals surface area contributed by atoms with Gasteiger partial charge in [-0.15, -0.1) is 11.3 Å². The average Bonchev–Trinajstić information content (AvgIpc) is 2.99. The maximum Gasteiger partial charge on any atom is 0.408 e. The lowest BCUT2D eigenvalue weighted by molar-refractivity contribution is -0.118. The number of unbranched alkanes of at least 4 members (excludes halogenated alkanes) is 1. The van der Waals surface area contributed by atoms with Gasteiger partial charge < -0.3 is 16.8 Å². The van der Waals surface area contributed by atoms with E-state index >= 15 is 0 Å². The summed E-state index contributed by atoms with van der Waals surface area (Å²) in [5.74, 6) is -0.173.